The minimum Gasteiger partial charge on any atom is -0.353 e. The lowest BCUT2D eigenvalue weighted by Crippen LogP contribution is -2.49. The van der Waals surface area contributed by atoms with Gasteiger partial charge in [0.05, 0.1) is 6.04 Å². The van der Waals surface area contributed by atoms with Gasteiger partial charge in [0.15, 0.2) is 0 Å². The number of aromatic nitrogens is 3. The highest BCUT2D eigenvalue weighted by atomic mass is 16.2. The summed E-state index contributed by atoms with van der Waals surface area (Å²) in [6, 6.07) is 5.70. The lowest BCUT2D eigenvalue weighted by molar-refractivity contribution is -0.127. The van der Waals surface area contributed by atoms with Crippen LogP contribution in [0.3, 0.4) is 0 Å². The van der Waals surface area contributed by atoms with Crippen LogP contribution >= 0.6 is 0 Å². The number of anilines is 1. The van der Waals surface area contributed by atoms with E-state index in [0.717, 1.165) is 37.9 Å². The van der Waals surface area contributed by atoms with Gasteiger partial charge in [-0.15, -0.1) is 0 Å². The van der Waals surface area contributed by atoms with Crippen LogP contribution in [-0.2, 0) is 11.3 Å². The SMILES string of the molecule is O=C(NCCNc1ncccn1)[C@@H]1CCCCN1Cc1cccnc1. The minimum absolute atomic E-state index is 0.0677. The van der Waals surface area contributed by atoms with Gasteiger partial charge in [-0.1, -0.05) is 12.5 Å². The van der Waals surface area contributed by atoms with Crippen LogP contribution < -0.4 is 10.6 Å². The molecule has 2 aromatic heterocycles. The lowest BCUT2D eigenvalue weighted by atomic mass is 10.0. The highest BCUT2D eigenvalue weighted by Gasteiger charge is 2.28. The highest BCUT2D eigenvalue weighted by molar-refractivity contribution is 5.81. The van der Waals surface area contributed by atoms with E-state index in [1.54, 1.807) is 24.7 Å². The lowest BCUT2D eigenvalue weighted by Gasteiger charge is -2.34. The van der Waals surface area contributed by atoms with Crippen LogP contribution in [-0.4, -0.2) is 51.4 Å². The van der Waals surface area contributed by atoms with Crippen LogP contribution in [0.5, 0.6) is 0 Å². The van der Waals surface area contributed by atoms with Crippen molar-refractivity contribution in [3.63, 3.8) is 0 Å². The third kappa shape index (κ3) is 5.22. The number of likely N-dealkylation sites (tertiary alicyclic amines) is 1. The summed E-state index contributed by atoms with van der Waals surface area (Å²) in [6.07, 6.45) is 10.1. The fourth-order valence-corrected chi connectivity index (χ4v) is 3.07. The van der Waals surface area contributed by atoms with E-state index in [1.807, 2.05) is 12.3 Å². The molecule has 25 heavy (non-hydrogen) atoms. The van der Waals surface area contributed by atoms with Gasteiger partial charge >= 0.3 is 0 Å². The van der Waals surface area contributed by atoms with Crippen molar-refractivity contribution in [3.05, 3.63) is 48.5 Å². The normalized spacial score (nSPS) is 17.8. The number of nitrogens with one attached hydrogen (secondary N) is 2. The largest absolute Gasteiger partial charge is 0.353 e. The van der Waals surface area contributed by atoms with Crippen molar-refractivity contribution in [1.29, 1.82) is 0 Å². The molecule has 0 spiro atoms. The van der Waals surface area contributed by atoms with Crippen LogP contribution in [0.1, 0.15) is 24.8 Å². The summed E-state index contributed by atoms with van der Waals surface area (Å²) in [5.41, 5.74) is 1.14. The number of nitrogens with zero attached hydrogens (tertiary/aromatic N) is 4. The van der Waals surface area contributed by atoms with Crippen molar-refractivity contribution in [2.24, 2.45) is 0 Å². The molecule has 0 radical (unpaired) electrons. The third-order valence-electron chi connectivity index (χ3n) is 4.30. The molecule has 7 nitrogen and oxygen atoms in total. The Hall–Kier alpha value is -2.54. The zero-order valence-corrected chi connectivity index (χ0v) is 14.3. The first kappa shape index (κ1) is 17.3. The van der Waals surface area contributed by atoms with E-state index in [2.05, 4.69) is 36.6 Å². The Kier molecular flexibility index (Phi) is 6.28. The average Bonchev–Trinajstić information content (AvgIpc) is 2.67. The van der Waals surface area contributed by atoms with Gasteiger partial charge in [-0.3, -0.25) is 14.7 Å². The second-order valence-electron chi connectivity index (χ2n) is 6.13. The molecule has 3 rings (SSSR count). The summed E-state index contributed by atoms with van der Waals surface area (Å²) in [5.74, 6) is 0.673. The summed E-state index contributed by atoms with van der Waals surface area (Å²) >= 11 is 0. The van der Waals surface area contributed by atoms with Crippen LogP contribution in [0.4, 0.5) is 5.95 Å². The molecule has 0 aliphatic carbocycles. The first-order valence-electron chi connectivity index (χ1n) is 8.74. The fraction of sp³-hybridized carbons (Fsp3) is 0.444. The van der Waals surface area contributed by atoms with Gasteiger partial charge in [0.1, 0.15) is 0 Å². The number of hydrogen-bond acceptors (Lipinski definition) is 6. The number of rotatable bonds is 7. The molecule has 2 N–H and O–H groups in total. The molecular weight excluding hydrogens is 316 g/mol. The second kappa shape index (κ2) is 9.08. The van der Waals surface area contributed by atoms with Crippen LogP contribution in [0, 0.1) is 0 Å². The van der Waals surface area contributed by atoms with Crippen molar-refractivity contribution < 1.29 is 4.79 Å². The molecule has 1 fully saturated rings. The number of carbonyl (C=O) groups is 1. The van der Waals surface area contributed by atoms with E-state index in [-0.39, 0.29) is 11.9 Å². The second-order valence-corrected chi connectivity index (χ2v) is 6.13. The predicted octanol–water partition coefficient (Wildman–Crippen LogP) is 1.45. The van der Waals surface area contributed by atoms with E-state index >= 15 is 0 Å². The Bertz CT molecular complexity index is 651. The molecule has 7 heteroatoms. The number of hydrogen-bond donors (Lipinski definition) is 2. The summed E-state index contributed by atoms with van der Waals surface area (Å²) in [4.78, 5) is 27.2. The molecule has 3 heterocycles. The van der Waals surface area contributed by atoms with Crippen LogP contribution in [0.25, 0.3) is 0 Å². The van der Waals surface area contributed by atoms with Gasteiger partial charge in [-0.05, 0) is 37.1 Å². The monoisotopic (exact) mass is 340 g/mol. The Morgan fingerprint density at radius 1 is 1.16 bits per heavy atom. The smallest absolute Gasteiger partial charge is 0.237 e. The van der Waals surface area contributed by atoms with E-state index in [1.165, 1.54) is 0 Å². The van der Waals surface area contributed by atoms with Gasteiger partial charge in [-0.2, -0.15) is 0 Å². The highest BCUT2D eigenvalue weighted by Crippen LogP contribution is 2.19. The van der Waals surface area contributed by atoms with Gasteiger partial charge in [0, 0.05) is 44.4 Å². The van der Waals surface area contributed by atoms with Crippen LogP contribution in [0.15, 0.2) is 43.0 Å². The molecule has 1 aliphatic rings. The van der Waals surface area contributed by atoms with E-state index in [9.17, 15) is 4.79 Å². The first-order chi connectivity index (χ1) is 12.3. The van der Waals surface area contributed by atoms with E-state index in [0.29, 0.717) is 19.0 Å². The molecule has 1 aliphatic heterocycles. The van der Waals surface area contributed by atoms with Crippen molar-refractivity contribution in [1.82, 2.24) is 25.2 Å². The molecular formula is C18H24N6O. The number of amides is 1. The number of pyridine rings is 1. The quantitative estimate of drug-likeness (QED) is 0.743. The Balaban J connectivity index is 1.47. The molecule has 0 unspecified atom stereocenters. The van der Waals surface area contributed by atoms with Crippen molar-refractivity contribution in [2.45, 2.75) is 31.8 Å². The predicted molar refractivity (Wildman–Crippen MR) is 95.8 cm³/mol. The minimum atomic E-state index is -0.0677. The van der Waals surface area contributed by atoms with Gasteiger partial charge in [0.25, 0.3) is 0 Å². The molecule has 0 bridgehead atoms. The Morgan fingerprint density at radius 2 is 2.04 bits per heavy atom. The Morgan fingerprint density at radius 3 is 2.84 bits per heavy atom. The Labute approximate surface area is 147 Å². The topological polar surface area (TPSA) is 83.0 Å². The maximum Gasteiger partial charge on any atom is 0.237 e. The first-order valence-corrected chi connectivity index (χ1v) is 8.74. The molecule has 1 atom stereocenters. The number of piperidine rings is 1. The molecule has 2 aromatic rings. The van der Waals surface area contributed by atoms with Crippen molar-refractivity contribution in [2.75, 3.05) is 25.0 Å². The summed E-state index contributed by atoms with van der Waals surface area (Å²) in [6.45, 7) is 2.87. The van der Waals surface area contributed by atoms with E-state index < -0.39 is 0 Å². The number of carbonyl (C=O) groups excluding carboxylic acids is 1. The van der Waals surface area contributed by atoms with Gasteiger partial charge < -0.3 is 10.6 Å². The summed E-state index contributed by atoms with van der Waals surface area (Å²) < 4.78 is 0. The maximum absolute atomic E-state index is 12.6. The maximum atomic E-state index is 12.6. The molecule has 0 saturated carbocycles. The van der Waals surface area contributed by atoms with Crippen molar-refractivity contribution >= 4 is 11.9 Å². The molecule has 0 aromatic carbocycles. The van der Waals surface area contributed by atoms with Gasteiger partial charge in [0.2, 0.25) is 11.9 Å². The molecule has 1 saturated heterocycles. The fourth-order valence-electron chi connectivity index (χ4n) is 3.07. The third-order valence-corrected chi connectivity index (χ3v) is 4.30. The molecule has 132 valence electrons. The van der Waals surface area contributed by atoms with Crippen LogP contribution in [0.2, 0.25) is 0 Å². The van der Waals surface area contributed by atoms with E-state index in [4.69, 9.17) is 0 Å². The zero-order chi connectivity index (χ0) is 17.3. The van der Waals surface area contributed by atoms with Gasteiger partial charge in [-0.25, -0.2) is 9.97 Å². The summed E-state index contributed by atoms with van der Waals surface area (Å²) in [7, 11) is 0. The summed E-state index contributed by atoms with van der Waals surface area (Å²) in [5, 5.41) is 6.12. The standard InChI is InChI=1S/C18H24N6O/c25-17(20-10-11-23-18-21-8-4-9-22-18)16-6-1-2-12-24(16)14-15-5-3-7-19-13-15/h3-5,7-9,13,16H,1-2,6,10-12,14H2,(H,20,25)(H,21,22,23)/t16-/m0/s1. The van der Waals surface area contributed by atoms with Crippen molar-refractivity contribution in [3.8, 4) is 0 Å². The molecule has 1 amide bonds. The average molecular weight is 340 g/mol. The zero-order valence-electron chi connectivity index (χ0n) is 14.3.